The van der Waals surface area contributed by atoms with E-state index >= 15 is 0 Å². The van der Waals surface area contributed by atoms with Gasteiger partial charge >= 0.3 is 0 Å². The molecule has 0 aromatic heterocycles. The first-order valence-electron chi connectivity index (χ1n) is 11.1. The normalized spacial score (nSPS) is 11.5. The third-order valence-electron chi connectivity index (χ3n) is 4.73. The van der Waals surface area contributed by atoms with Crippen LogP contribution in [0.5, 0.6) is 0 Å². The van der Waals surface area contributed by atoms with Gasteiger partial charge in [0.1, 0.15) is 0 Å². The van der Waals surface area contributed by atoms with Gasteiger partial charge in [-0.3, -0.25) is 4.99 Å². The van der Waals surface area contributed by atoms with Gasteiger partial charge in [0.2, 0.25) is 0 Å². The summed E-state index contributed by atoms with van der Waals surface area (Å²) in [6.45, 7) is 10.3. The lowest BCUT2D eigenvalue weighted by atomic mass is 10.1. The molecule has 0 unspecified atom stereocenters. The second-order valence-corrected chi connectivity index (χ2v) is 7.30. The highest BCUT2D eigenvalue weighted by Crippen LogP contribution is 2.07. The minimum Gasteiger partial charge on any atom is -0.363 e. The van der Waals surface area contributed by atoms with E-state index in [1.807, 2.05) is 0 Å². The maximum absolute atomic E-state index is 4.70. The van der Waals surface area contributed by atoms with Crippen molar-refractivity contribution in [1.82, 2.24) is 4.90 Å². The molecule has 0 bridgehead atoms. The number of nitrogens with zero attached hydrogens (tertiary/aromatic N) is 2. The molecule has 0 fully saturated rings. The highest BCUT2D eigenvalue weighted by atomic mass is 15.1. The van der Waals surface area contributed by atoms with Crippen LogP contribution in [0.2, 0.25) is 0 Å². The smallest absolute Gasteiger partial charge is 0.0849 e. The first kappa shape index (κ1) is 23.5. The average molecular weight is 339 g/mol. The van der Waals surface area contributed by atoms with Crippen molar-refractivity contribution in [2.45, 2.75) is 117 Å². The van der Waals surface area contributed by atoms with Gasteiger partial charge in [-0.1, -0.05) is 97.8 Å². The van der Waals surface area contributed by atoms with Crippen molar-refractivity contribution in [1.29, 1.82) is 0 Å². The van der Waals surface area contributed by atoms with Crippen LogP contribution >= 0.6 is 0 Å². The van der Waals surface area contributed by atoms with E-state index in [4.69, 9.17) is 4.99 Å². The molecule has 0 aliphatic heterocycles. The van der Waals surface area contributed by atoms with Crippen LogP contribution in [0, 0.1) is 0 Å². The predicted octanol–water partition coefficient (Wildman–Crippen LogP) is 7.23. The highest BCUT2D eigenvalue weighted by Gasteiger charge is 2.00. The third kappa shape index (κ3) is 17.8. The zero-order chi connectivity index (χ0) is 17.7. The minimum absolute atomic E-state index is 1.02. The van der Waals surface area contributed by atoms with Crippen LogP contribution in [0.3, 0.4) is 0 Å². The first-order valence-corrected chi connectivity index (χ1v) is 11.1. The Morgan fingerprint density at radius 3 is 1.42 bits per heavy atom. The van der Waals surface area contributed by atoms with Gasteiger partial charge in [0, 0.05) is 19.6 Å². The van der Waals surface area contributed by atoms with Crippen LogP contribution < -0.4 is 0 Å². The van der Waals surface area contributed by atoms with Crippen LogP contribution in [0.1, 0.15) is 117 Å². The number of hydrogen-bond donors (Lipinski definition) is 0. The van der Waals surface area contributed by atoms with Gasteiger partial charge in [0.05, 0.1) is 6.34 Å². The Bertz CT molecular complexity index is 236. The number of hydrogen-bond acceptors (Lipinski definition) is 1. The summed E-state index contributed by atoms with van der Waals surface area (Å²) in [5, 5.41) is 0. The first-order chi connectivity index (χ1) is 11.8. The lowest BCUT2D eigenvalue weighted by Gasteiger charge is -2.19. The predicted molar refractivity (Wildman–Crippen MR) is 111 cm³/mol. The van der Waals surface area contributed by atoms with E-state index in [-0.39, 0.29) is 0 Å². The lowest BCUT2D eigenvalue weighted by molar-refractivity contribution is 0.393. The monoisotopic (exact) mass is 338 g/mol. The Balaban J connectivity index is 3.87. The van der Waals surface area contributed by atoms with Crippen molar-refractivity contribution < 1.29 is 0 Å². The average Bonchev–Trinajstić information content (AvgIpc) is 2.59. The highest BCUT2D eigenvalue weighted by molar-refractivity contribution is 5.54. The fourth-order valence-corrected chi connectivity index (χ4v) is 3.04. The molecule has 2 nitrogen and oxygen atoms in total. The molecular weight excluding hydrogens is 292 g/mol. The molecule has 0 aromatic carbocycles. The van der Waals surface area contributed by atoms with Crippen LogP contribution in [-0.2, 0) is 0 Å². The van der Waals surface area contributed by atoms with Crippen molar-refractivity contribution in [3.8, 4) is 0 Å². The van der Waals surface area contributed by atoms with E-state index in [0.29, 0.717) is 0 Å². The molecule has 0 radical (unpaired) electrons. The SMILES string of the molecule is CCCCCCCN=CN(CCCCCCC)CCCCCCC. The van der Waals surface area contributed by atoms with Crippen molar-refractivity contribution in [2.75, 3.05) is 19.6 Å². The largest absolute Gasteiger partial charge is 0.363 e. The van der Waals surface area contributed by atoms with Crippen LogP contribution in [0.15, 0.2) is 4.99 Å². The van der Waals surface area contributed by atoms with E-state index in [2.05, 4.69) is 32.0 Å². The number of aliphatic imine (C=N–C) groups is 1. The molecule has 0 aliphatic rings. The second kappa shape index (κ2) is 20.5. The fraction of sp³-hybridized carbons (Fsp3) is 0.955. The Hall–Kier alpha value is -0.530. The fourth-order valence-electron chi connectivity index (χ4n) is 3.04. The summed E-state index contributed by atoms with van der Waals surface area (Å²) in [4.78, 5) is 7.19. The summed E-state index contributed by atoms with van der Waals surface area (Å²) in [5.74, 6) is 0. The molecule has 0 aromatic rings. The molecule has 24 heavy (non-hydrogen) atoms. The van der Waals surface area contributed by atoms with E-state index in [1.165, 1.54) is 109 Å². The van der Waals surface area contributed by atoms with Crippen LogP contribution in [0.4, 0.5) is 0 Å². The number of rotatable bonds is 19. The van der Waals surface area contributed by atoms with Crippen molar-refractivity contribution in [3.63, 3.8) is 0 Å². The molecule has 144 valence electrons. The second-order valence-electron chi connectivity index (χ2n) is 7.30. The minimum atomic E-state index is 1.02. The van der Waals surface area contributed by atoms with Gasteiger partial charge in [0.15, 0.2) is 0 Å². The van der Waals surface area contributed by atoms with Gasteiger partial charge in [-0.2, -0.15) is 0 Å². The zero-order valence-corrected chi connectivity index (χ0v) is 17.2. The van der Waals surface area contributed by atoms with Gasteiger partial charge in [-0.25, -0.2) is 0 Å². The molecular formula is C22H46N2. The molecule has 0 aliphatic carbocycles. The quantitative estimate of drug-likeness (QED) is 0.138. The molecule has 2 heteroatoms. The van der Waals surface area contributed by atoms with E-state index in [9.17, 15) is 0 Å². The van der Waals surface area contributed by atoms with Gasteiger partial charge in [-0.05, 0) is 19.3 Å². The summed E-state index contributed by atoms with van der Waals surface area (Å²) < 4.78 is 0. The van der Waals surface area contributed by atoms with Gasteiger partial charge in [-0.15, -0.1) is 0 Å². The van der Waals surface area contributed by atoms with E-state index < -0.39 is 0 Å². The van der Waals surface area contributed by atoms with Crippen molar-refractivity contribution in [3.05, 3.63) is 0 Å². The van der Waals surface area contributed by atoms with E-state index in [1.54, 1.807) is 0 Å². The molecule has 0 saturated carbocycles. The van der Waals surface area contributed by atoms with Crippen LogP contribution in [-0.4, -0.2) is 30.9 Å². The maximum Gasteiger partial charge on any atom is 0.0849 e. The van der Waals surface area contributed by atoms with Gasteiger partial charge < -0.3 is 4.90 Å². The summed E-state index contributed by atoms with van der Waals surface area (Å²) in [6.07, 6.45) is 22.5. The summed E-state index contributed by atoms with van der Waals surface area (Å²) in [6, 6.07) is 0. The van der Waals surface area contributed by atoms with E-state index in [0.717, 1.165) is 6.54 Å². The third-order valence-corrected chi connectivity index (χ3v) is 4.73. The topological polar surface area (TPSA) is 15.6 Å². The standard InChI is InChI=1S/C22H46N2/c1-4-7-10-13-16-19-23-22-24(20-17-14-11-8-5-2)21-18-15-12-9-6-3/h22H,4-21H2,1-3H3. The Labute approximate surface area is 153 Å². The molecule has 0 atom stereocenters. The molecule has 0 N–H and O–H groups in total. The molecule has 0 amide bonds. The lowest BCUT2D eigenvalue weighted by Crippen LogP contribution is -2.24. The summed E-state index contributed by atoms with van der Waals surface area (Å²) >= 11 is 0. The summed E-state index contributed by atoms with van der Waals surface area (Å²) in [7, 11) is 0. The number of unbranched alkanes of at least 4 members (excludes halogenated alkanes) is 12. The molecule has 0 heterocycles. The Kier molecular flexibility index (Phi) is 20.1. The van der Waals surface area contributed by atoms with Gasteiger partial charge in [0.25, 0.3) is 0 Å². The van der Waals surface area contributed by atoms with Crippen molar-refractivity contribution >= 4 is 6.34 Å². The van der Waals surface area contributed by atoms with Crippen molar-refractivity contribution in [2.24, 2.45) is 4.99 Å². The molecule has 0 saturated heterocycles. The maximum atomic E-state index is 4.70. The Morgan fingerprint density at radius 1 is 0.542 bits per heavy atom. The molecule has 0 spiro atoms. The molecule has 0 rings (SSSR count). The zero-order valence-electron chi connectivity index (χ0n) is 17.2. The van der Waals surface area contributed by atoms with Crippen LogP contribution in [0.25, 0.3) is 0 Å². The Morgan fingerprint density at radius 2 is 0.958 bits per heavy atom. The summed E-state index contributed by atoms with van der Waals surface area (Å²) in [5.41, 5.74) is 0.